The number of hydrogen-bond acceptors (Lipinski definition) is 4. The minimum Gasteiger partial charge on any atom is -0.508 e. The maximum absolute atomic E-state index is 9.45. The van der Waals surface area contributed by atoms with Crippen LogP contribution >= 0.6 is 0 Å². The molecule has 3 rings (SSSR count). The van der Waals surface area contributed by atoms with Crippen LogP contribution < -0.4 is 4.74 Å². The molecule has 0 aliphatic carbocycles. The molecule has 0 unspecified atom stereocenters. The summed E-state index contributed by atoms with van der Waals surface area (Å²) in [5.74, 6) is 0.986. The van der Waals surface area contributed by atoms with Gasteiger partial charge in [-0.1, -0.05) is 29.5 Å². The molecule has 0 bridgehead atoms. The fourth-order valence-corrected chi connectivity index (χ4v) is 1.80. The van der Waals surface area contributed by atoms with Crippen LogP contribution in [-0.2, 0) is 6.61 Å². The first kappa shape index (κ1) is 12.2. The number of benzene rings is 2. The number of aromatic hydroxyl groups is 1. The third-order valence-corrected chi connectivity index (χ3v) is 2.77. The van der Waals surface area contributed by atoms with Gasteiger partial charge >= 0.3 is 0 Å². The van der Waals surface area contributed by atoms with Crippen molar-refractivity contribution >= 4 is 0 Å². The summed E-state index contributed by atoms with van der Waals surface area (Å²) in [7, 11) is 0. The number of phenols is 1. The van der Waals surface area contributed by atoms with Gasteiger partial charge in [-0.25, -0.2) is 4.68 Å². The van der Waals surface area contributed by atoms with Crippen LogP contribution in [0.3, 0.4) is 0 Å². The van der Waals surface area contributed by atoms with Crippen molar-refractivity contribution in [3.63, 3.8) is 0 Å². The van der Waals surface area contributed by atoms with Gasteiger partial charge in [0.15, 0.2) is 0 Å². The number of aromatic nitrogens is 3. The van der Waals surface area contributed by atoms with Gasteiger partial charge in [-0.2, -0.15) is 0 Å². The Morgan fingerprint density at radius 3 is 2.70 bits per heavy atom. The zero-order chi connectivity index (χ0) is 13.8. The van der Waals surface area contributed by atoms with Crippen molar-refractivity contribution < 1.29 is 9.84 Å². The third kappa shape index (κ3) is 2.77. The normalized spacial score (nSPS) is 10.4. The van der Waals surface area contributed by atoms with Crippen molar-refractivity contribution in [2.75, 3.05) is 0 Å². The van der Waals surface area contributed by atoms with Gasteiger partial charge in [-0.15, -0.1) is 5.10 Å². The molecule has 1 N–H and O–H groups in total. The van der Waals surface area contributed by atoms with E-state index in [0.717, 1.165) is 17.1 Å². The molecule has 20 heavy (non-hydrogen) atoms. The molecule has 0 aliphatic heterocycles. The summed E-state index contributed by atoms with van der Waals surface area (Å²) in [5.41, 5.74) is 1.47. The van der Waals surface area contributed by atoms with E-state index in [1.807, 2.05) is 36.4 Å². The molecular formula is C15H13N3O2. The van der Waals surface area contributed by atoms with Crippen LogP contribution in [0.15, 0.2) is 60.8 Å². The monoisotopic (exact) mass is 267 g/mol. The van der Waals surface area contributed by atoms with E-state index in [0.29, 0.717) is 6.61 Å². The lowest BCUT2D eigenvalue weighted by Crippen LogP contribution is -1.95. The molecule has 1 heterocycles. The molecule has 0 fully saturated rings. The predicted molar refractivity (Wildman–Crippen MR) is 73.8 cm³/mol. The molecule has 0 aliphatic rings. The van der Waals surface area contributed by atoms with Crippen LogP contribution in [0, 0.1) is 0 Å². The van der Waals surface area contributed by atoms with E-state index < -0.39 is 0 Å². The zero-order valence-corrected chi connectivity index (χ0v) is 10.7. The van der Waals surface area contributed by atoms with Crippen LogP contribution in [0.4, 0.5) is 0 Å². The van der Waals surface area contributed by atoms with Gasteiger partial charge in [0.05, 0.1) is 11.9 Å². The summed E-state index contributed by atoms with van der Waals surface area (Å²) < 4.78 is 7.20. The number of phenolic OH excluding ortho intramolecular Hbond substituents is 1. The number of ether oxygens (including phenoxy) is 1. The fourth-order valence-electron chi connectivity index (χ4n) is 1.80. The number of rotatable bonds is 4. The van der Waals surface area contributed by atoms with Gasteiger partial charge in [0, 0.05) is 6.07 Å². The van der Waals surface area contributed by atoms with Gasteiger partial charge in [0.25, 0.3) is 0 Å². The average molecular weight is 267 g/mol. The van der Waals surface area contributed by atoms with Crippen LogP contribution in [-0.4, -0.2) is 20.1 Å². The fraction of sp³-hybridized carbons (Fsp3) is 0.0667. The molecule has 5 heteroatoms. The first-order valence-electron chi connectivity index (χ1n) is 6.20. The minimum absolute atomic E-state index is 0.195. The lowest BCUT2D eigenvalue weighted by Gasteiger charge is -2.02. The summed E-state index contributed by atoms with van der Waals surface area (Å²) >= 11 is 0. The highest BCUT2D eigenvalue weighted by Crippen LogP contribution is 2.15. The molecule has 1 aromatic heterocycles. The second-order valence-electron chi connectivity index (χ2n) is 4.28. The molecule has 2 aromatic carbocycles. The minimum atomic E-state index is 0.195. The van der Waals surface area contributed by atoms with E-state index in [1.54, 1.807) is 29.1 Å². The Morgan fingerprint density at radius 1 is 1.05 bits per heavy atom. The molecule has 0 atom stereocenters. The van der Waals surface area contributed by atoms with Crippen molar-refractivity contribution in [3.05, 3.63) is 66.5 Å². The standard InChI is InChI=1S/C15H13N3O2/c19-14-6-4-5-13(9-14)18-10-12(16-17-18)11-20-15-7-2-1-3-8-15/h1-10,19H,11H2. The van der Waals surface area contributed by atoms with Crippen molar-refractivity contribution in [2.45, 2.75) is 6.61 Å². The van der Waals surface area contributed by atoms with Gasteiger partial charge in [-0.3, -0.25) is 0 Å². The summed E-state index contributed by atoms with van der Waals surface area (Å²) in [6.45, 7) is 0.350. The predicted octanol–water partition coefficient (Wildman–Crippen LogP) is 2.55. The first-order valence-corrected chi connectivity index (χ1v) is 6.20. The summed E-state index contributed by atoms with van der Waals surface area (Å²) in [4.78, 5) is 0. The lowest BCUT2D eigenvalue weighted by molar-refractivity contribution is 0.301. The molecule has 100 valence electrons. The largest absolute Gasteiger partial charge is 0.508 e. The third-order valence-electron chi connectivity index (χ3n) is 2.77. The number of nitrogens with zero attached hydrogens (tertiary/aromatic N) is 3. The van der Waals surface area contributed by atoms with Crippen LogP contribution in [0.1, 0.15) is 5.69 Å². The Hall–Kier alpha value is -2.82. The SMILES string of the molecule is Oc1cccc(-n2cc(COc3ccccc3)nn2)c1. The van der Waals surface area contributed by atoms with Crippen molar-refractivity contribution in [1.82, 2.24) is 15.0 Å². The number of hydrogen-bond donors (Lipinski definition) is 1. The summed E-state index contributed by atoms with van der Waals surface area (Å²) in [6.07, 6.45) is 1.78. The van der Waals surface area contributed by atoms with E-state index in [-0.39, 0.29) is 5.75 Å². The van der Waals surface area contributed by atoms with E-state index in [4.69, 9.17) is 4.74 Å². The molecular weight excluding hydrogens is 254 g/mol. The van der Waals surface area contributed by atoms with E-state index in [2.05, 4.69) is 10.3 Å². The molecule has 0 saturated heterocycles. The molecule has 0 saturated carbocycles. The average Bonchev–Trinajstić information content (AvgIpc) is 2.95. The lowest BCUT2D eigenvalue weighted by atomic mass is 10.3. The van der Waals surface area contributed by atoms with Crippen LogP contribution in [0.2, 0.25) is 0 Å². The highest BCUT2D eigenvalue weighted by atomic mass is 16.5. The van der Waals surface area contributed by atoms with E-state index in [1.165, 1.54) is 0 Å². The number of para-hydroxylation sites is 1. The van der Waals surface area contributed by atoms with E-state index >= 15 is 0 Å². The molecule has 0 radical (unpaired) electrons. The second-order valence-corrected chi connectivity index (χ2v) is 4.28. The highest BCUT2D eigenvalue weighted by Gasteiger charge is 2.04. The summed E-state index contributed by atoms with van der Waals surface area (Å²) in [5, 5.41) is 17.5. The maximum Gasteiger partial charge on any atom is 0.134 e. The molecule has 3 aromatic rings. The Balaban J connectivity index is 1.71. The first-order chi connectivity index (χ1) is 9.81. The maximum atomic E-state index is 9.45. The van der Waals surface area contributed by atoms with Gasteiger partial charge < -0.3 is 9.84 Å². The van der Waals surface area contributed by atoms with Crippen LogP contribution in [0.5, 0.6) is 11.5 Å². The molecule has 5 nitrogen and oxygen atoms in total. The Kier molecular flexibility index (Phi) is 3.33. The summed E-state index contributed by atoms with van der Waals surface area (Å²) in [6, 6.07) is 16.4. The quantitative estimate of drug-likeness (QED) is 0.789. The van der Waals surface area contributed by atoms with E-state index in [9.17, 15) is 5.11 Å². The van der Waals surface area contributed by atoms with Crippen molar-refractivity contribution in [3.8, 4) is 17.2 Å². The Labute approximate surface area is 116 Å². The van der Waals surface area contributed by atoms with Gasteiger partial charge in [0.2, 0.25) is 0 Å². The van der Waals surface area contributed by atoms with Gasteiger partial charge in [-0.05, 0) is 24.3 Å². The highest BCUT2D eigenvalue weighted by molar-refractivity contribution is 5.37. The molecule has 0 spiro atoms. The zero-order valence-electron chi connectivity index (χ0n) is 10.7. The van der Waals surface area contributed by atoms with Crippen molar-refractivity contribution in [2.24, 2.45) is 0 Å². The Morgan fingerprint density at radius 2 is 1.90 bits per heavy atom. The topological polar surface area (TPSA) is 60.2 Å². The smallest absolute Gasteiger partial charge is 0.134 e. The Bertz CT molecular complexity index is 695. The van der Waals surface area contributed by atoms with Crippen molar-refractivity contribution in [1.29, 1.82) is 0 Å². The van der Waals surface area contributed by atoms with Gasteiger partial charge in [0.1, 0.15) is 23.8 Å². The van der Waals surface area contributed by atoms with Crippen LogP contribution in [0.25, 0.3) is 5.69 Å². The second kappa shape index (κ2) is 5.44. The molecule has 0 amide bonds.